The summed E-state index contributed by atoms with van der Waals surface area (Å²) in [6.07, 6.45) is 3.78. The standard InChI is InChI=1S/C26H19BrCl2N2O4S2/c1-37(34,35)20-8-4-18(5-9-20)24-15-36-26(30-24)31(19-7-10-22(28)23(29)13-19)14-16-2-3-17(21(27)12-16)6-11-25(32)33/h2-13,15H,14H2,1H3,(H,32,33)/b11-6+. The van der Waals surface area contributed by atoms with Crippen LogP contribution in [0.5, 0.6) is 0 Å². The van der Waals surface area contributed by atoms with Gasteiger partial charge in [0.25, 0.3) is 0 Å². The summed E-state index contributed by atoms with van der Waals surface area (Å²) in [5, 5.41) is 12.4. The number of hydrogen-bond acceptors (Lipinski definition) is 6. The first-order chi connectivity index (χ1) is 17.5. The molecule has 11 heteroatoms. The van der Waals surface area contributed by atoms with E-state index in [0.717, 1.165) is 32.9 Å². The number of carbonyl (C=O) groups is 1. The number of anilines is 2. The number of sulfone groups is 1. The summed E-state index contributed by atoms with van der Waals surface area (Å²) >= 11 is 17.4. The van der Waals surface area contributed by atoms with Crippen LogP contribution in [0.4, 0.5) is 10.8 Å². The number of halogens is 3. The average Bonchev–Trinajstić information content (AvgIpc) is 3.33. The first-order valence-electron chi connectivity index (χ1n) is 10.7. The van der Waals surface area contributed by atoms with Crippen molar-refractivity contribution in [2.24, 2.45) is 0 Å². The van der Waals surface area contributed by atoms with E-state index in [-0.39, 0.29) is 4.90 Å². The molecule has 0 aliphatic carbocycles. The van der Waals surface area contributed by atoms with Gasteiger partial charge in [-0.05, 0) is 53.6 Å². The normalized spacial score (nSPS) is 11.7. The Morgan fingerprint density at radius 1 is 1.08 bits per heavy atom. The van der Waals surface area contributed by atoms with Crippen LogP contribution in [-0.2, 0) is 21.2 Å². The van der Waals surface area contributed by atoms with Crippen molar-refractivity contribution in [1.82, 2.24) is 4.98 Å². The van der Waals surface area contributed by atoms with Crippen molar-refractivity contribution in [3.05, 3.63) is 97.8 Å². The van der Waals surface area contributed by atoms with Gasteiger partial charge in [0.05, 0.1) is 27.2 Å². The third-order valence-corrected chi connectivity index (χ3v) is 8.74. The molecule has 0 atom stereocenters. The molecular weight excluding hydrogens is 619 g/mol. The molecule has 4 rings (SSSR count). The van der Waals surface area contributed by atoms with Crippen molar-refractivity contribution in [3.63, 3.8) is 0 Å². The molecule has 0 aliphatic rings. The van der Waals surface area contributed by atoms with Gasteiger partial charge < -0.3 is 10.0 Å². The SMILES string of the molecule is CS(=O)(=O)c1ccc(-c2csc(N(Cc3ccc(/C=C/C(=O)O)c(Br)c3)c3ccc(Cl)c(Cl)c3)n2)cc1. The van der Waals surface area contributed by atoms with Crippen LogP contribution in [0.2, 0.25) is 10.0 Å². The van der Waals surface area contributed by atoms with Gasteiger partial charge in [0.15, 0.2) is 15.0 Å². The molecule has 0 radical (unpaired) electrons. The van der Waals surface area contributed by atoms with E-state index in [4.69, 9.17) is 33.3 Å². The zero-order valence-electron chi connectivity index (χ0n) is 19.2. The number of carboxylic acids is 1. The fraction of sp³-hybridized carbons (Fsp3) is 0.0769. The van der Waals surface area contributed by atoms with Gasteiger partial charge in [-0.2, -0.15) is 0 Å². The summed E-state index contributed by atoms with van der Waals surface area (Å²) < 4.78 is 24.3. The zero-order valence-corrected chi connectivity index (χ0v) is 24.0. The molecule has 6 nitrogen and oxygen atoms in total. The van der Waals surface area contributed by atoms with Crippen LogP contribution in [0.1, 0.15) is 11.1 Å². The summed E-state index contributed by atoms with van der Waals surface area (Å²) in [7, 11) is -3.29. The molecule has 4 aromatic rings. The molecular formula is C26H19BrCl2N2O4S2. The van der Waals surface area contributed by atoms with Crippen LogP contribution in [0, 0.1) is 0 Å². The Morgan fingerprint density at radius 3 is 2.43 bits per heavy atom. The van der Waals surface area contributed by atoms with Gasteiger partial charge in [-0.25, -0.2) is 18.2 Å². The molecule has 0 aliphatic heterocycles. The number of hydrogen-bond donors (Lipinski definition) is 1. The molecule has 1 aromatic heterocycles. The number of aliphatic carboxylic acids is 1. The molecule has 0 spiro atoms. The first-order valence-corrected chi connectivity index (χ1v) is 15.0. The van der Waals surface area contributed by atoms with E-state index in [2.05, 4.69) is 15.9 Å². The van der Waals surface area contributed by atoms with Gasteiger partial charge in [-0.15, -0.1) is 11.3 Å². The van der Waals surface area contributed by atoms with Gasteiger partial charge in [0.1, 0.15) is 0 Å². The summed E-state index contributed by atoms with van der Waals surface area (Å²) in [4.78, 5) is 17.9. The maximum Gasteiger partial charge on any atom is 0.328 e. The van der Waals surface area contributed by atoms with E-state index in [1.807, 2.05) is 34.5 Å². The van der Waals surface area contributed by atoms with E-state index < -0.39 is 15.8 Å². The molecule has 0 saturated heterocycles. The highest BCUT2D eigenvalue weighted by atomic mass is 79.9. The quantitative estimate of drug-likeness (QED) is 0.199. The maximum absolute atomic E-state index is 11.8. The molecule has 0 unspecified atom stereocenters. The molecule has 0 fully saturated rings. The molecule has 0 bridgehead atoms. The minimum Gasteiger partial charge on any atom is -0.478 e. The number of carboxylic acid groups (broad SMARTS) is 1. The maximum atomic E-state index is 11.8. The molecule has 3 aromatic carbocycles. The van der Waals surface area contributed by atoms with E-state index >= 15 is 0 Å². The molecule has 190 valence electrons. The second-order valence-electron chi connectivity index (χ2n) is 8.02. The highest BCUT2D eigenvalue weighted by Gasteiger charge is 2.17. The minimum atomic E-state index is -3.29. The summed E-state index contributed by atoms with van der Waals surface area (Å²) in [6, 6.07) is 17.6. The number of nitrogens with zero attached hydrogens (tertiary/aromatic N) is 2. The monoisotopic (exact) mass is 636 g/mol. The van der Waals surface area contributed by atoms with Crippen LogP contribution in [0.3, 0.4) is 0 Å². The van der Waals surface area contributed by atoms with Crippen LogP contribution < -0.4 is 4.90 Å². The fourth-order valence-corrected chi connectivity index (χ4v) is 5.80. The number of thiazole rings is 1. The highest BCUT2D eigenvalue weighted by molar-refractivity contribution is 9.10. The van der Waals surface area contributed by atoms with Gasteiger partial charge in [-0.1, -0.05) is 63.4 Å². The number of rotatable bonds is 8. The lowest BCUT2D eigenvalue weighted by Crippen LogP contribution is -2.16. The zero-order chi connectivity index (χ0) is 26.7. The van der Waals surface area contributed by atoms with Crippen molar-refractivity contribution in [2.75, 3.05) is 11.2 Å². The van der Waals surface area contributed by atoms with E-state index in [1.54, 1.807) is 36.4 Å². The van der Waals surface area contributed by atoms with Crippen molar-refractivity contribution >= 4 is 83.2 Å². The van der Waals surface area contributed by atoms with Gasteiger partial charge >= 0.3 is 5.97 Å². The Kier molecular flexibility index (Phi) is 8.40. The topological polar surface area (TPSA) is 87.6 Å². The van der Waals surface area contributed by atoms with Crippen LogP contribution in [-0.4, -0.2) is 30.7 Å². The van der Waals surface area contributed by atoms with Crippen molar-refractivity contribution < 1.29 is 18.3 Å². The Morgan fingerprint density at radius 2 is 1.81 bits per heavy atom. The number of aromatic nitrogens is 1. The minimum absolute atomic E-state index is 0.247. The Hall–Kier alpha value is -2.69. The summed E-state index contributed by atoms with van der Waals surface area (Å²) in [6.45, 7) is 0.444. The molecule has 0 amide bonds. The van der Waals surface area contributed by atoms with Crippen LogP contribution in [0.15, 0.2) is 81.5 Å². The lowest BCUT2D eigenvalue weighted by Gasteiger charge is -2.23. The van der Waals surface area contributed by atoms with E-state index in [1.165, 1.54) is 23.7 Å². The fourth-order valence-electron chi connectivity index (χ4n) is 3.46. The Bertz CT molecular complexity index is 1600. The lowest BCUT2D eigenvalue weighted by atomic mass is 10.1. The molecule has 1 N–H and O–H groups in total. The smallest absolute Gasteiger partial charge is 0.328 e. The van der Waals surface area contributed by atoms with Gasteiger partial charge in [0, 0.05) is 33.4 Å². The summed E-state index contributed by atoms with van der Waals surface area (Å²) in [5.41, 5.74) is 3.97. The highest BCUT2D eigenvalue weighted by Crippen LogP contribution is 2.36. The third-order valence-electron chi connectivity index (χ3n) is 5.33. The molecule has 1 heterocycles. The van der Waals surface area contributed by atoms with Crippen molar-refractivity contribution in [1.29, 1.82) is 0 Å². The van der Waals surface area contributed by atoms with E-state index in [9.17, 15) is 13.2 Å². The third kappa shape index (κ3) is 6.80. The van der Waals surface area contributed by atoms with Crippen molar-refractivity contribution in [3.8, 4) is 11.3 Å². The van der Waals surface area contributed by atoms with Crippen molar-refractivity contribution in [2.45, 2.75) is 11.4 Å². The van der Waals surface area contributed by atoms with Crippen LogP contribution >= 0.6 is 50.5 Å². The predicted molar refractivity (Wildman–Crippen MR) is 154 cm³/mol. The van der Waals surface area contributed by atoms with Gasteiger partial charge in [0.2, 0.25) is 0 Å². The molecule has 37 heavy (non-hydrogen) atoms. The second-order valence-corrected chi connectivity index (χ2v) is 12.5. The Labute approximate surface area is 236 Å². The van der Waals surface area contributed by atoms with Gasteiger partial charge in [-0.3, -0.25) is 0 Å². The lowest BCUT2D eigenvalue weighted by molar-refractivity contribution is -0.131. The van der Waals surface area contributed by atoms with E-state index in [0.29, 0.717) is 27.4 Å². The largest absolute Gasteiger partial charge is 0.478 e. The second kappa shape index (κ2) is 11.4. The number of benzene rings is 3. The average molecular weight is 638 g/mol. The first kappa shape index (κ1) is 27.3. The summed E-state index contributed by atoms with van der Waals surface area (Å²) in [5.74, 6) is -1.02. The molecule has 0 saturated carbocycles. The predicted octanol–water partition coefficient (Wildman–Crippen LogP) is 7.72. The van der Waals surface area contributed by atoms with Crippen LogP contribution in [0.25, 0.3) is 17.3 Å². The Balaban J connectivity index is 1.69.